The van der Waals surface area contributed by atoms with E-state index < -0.39 is 34.0 Å². The highest BCUT2D eigenvalue weighted by molar-refractivity contribution is 7.87. The number of benzene rings is 2. The summed E-state index contributed by atoms with van der Waals surface area (Å²) in [5.41, 5.74) is -0.250. The smallest absolute Gasteiger partial charge is 0.372 e. The Labute approximate surface area is 118 Å². The minimum absolute atomic E-state index is 0.250. The van der Waals surface area contributed by atoms with Crippen molar-refractivity contribution in [3.63, 3.8) is 0 Å². The first-order valence-corrected chi connectivity index (χ1v) is 7.21. The van der Waals surface area contributed by atoms with Gasteiger partial charge in [-0.3, -0.25) is 4.79 Å². The third kappa shape index (κ3) is 3.01. The first kappa shape index (κ1) is 15.3. The average molecular weight is 316 g/mol. The minimum Gasteiger partial charge on any atom is -0.388 e. The van der Waals surface area contributed by atoms with Crippen molar-refractivity contribution in [2.24, 2.45) is 0 Å². The number of aliphatic hydroxyl groups excluding tert-OH is 1. The molecule has 5 nitrogen and oxygen atoms in total. The van der Waals surface area contributed by atoms with Crippen LogP contribution in [0.15, 0.2) is 36.4 Å². The zero-order chi connectivity index (χ0) is 15.6. The van der Waals surface area contributed by atoms with Crippen LogP contribution in [0.1, 0.15) is 10.4 Å². The van der Waals surface area contributed by atoms with Crippen LogP contribution in [-0.4, -0.2) is 31.7 Å². The normalized spacial score (nSPS) is 11.8. The molecule has 1 N–H and O–H groups in total. The lowest BCUT2D eigenvalue weighted by Crippen LogP contribution is -2.20. The molecule has 21 heavy (non-hydrogen) atoms. The number of aliphatic hydroxyl groups is 1. The maximum atomic E-state index is 12.4. The number of halogens is 2. The maximum absolute atomic E-state index is 12.4. The highest BCUT2D eigenvalue weighted by Gasteiger charge is 2.29. The summed E-state index contributed by atoms with van der Waals surface area (Å²) >= 11 is 0. The molecule has 0 saturated heterocycles. The topological polar surface area (TPSA) is 80.7 Å². The van der Waals surface area contributed by atoms with Crippen LogP contribution >= 0.6 is 0 Å². The Morgan fingerprint density at radius 1 is 1.19 bits per heavy atom. The predicted molar refractivity (Wildman–Crippen MR) is 70.9 cm³/mol. The van der Waals surface area contributed by atoms with Crippen LogP contribution in [0, 0.1) is 0 Å². The Kier molecular flexibility index (Phi) is 4.19. The monoisotopic (exact) mass is 316 g/mol. The molecule has 0 amide bonds. The van der Waals surface area contributed by atoms with Crippen molar-refractivity contribution in [2.45, 2.75) is 5.76 Å². The summed E-state index contributed by atoms with van der Waals surface area (Å²) in [4.78, 5) is 11.8. The molecule has 0 aliphatic rings. The zero-order valence-corrected chi connectivity index (χ0v) is 11.3. The van der Waals surface area contributed by atoms with Gasteiger partial charge < -0.3 is 9.29 Å². The molecule has 2 rings (SSSR count). The van der Waals surface area contributed by atoms with Gasteiger partial charge in [-0.15, -0.1) is 0 Å². The molecule has 0 unspecified atom stereocenters. The van der Waals surface area contributed by atoms with Gasteiger partial charge >= 0.3 is 15.9 Å². The van der Waals surface area contributed by atoms with Gasteiger partial charge in [0, 0.05) is 0 Å². The lowest BCUT2D eigenvalue weighted by Gasteiger charge is -2.12. The highest BCUT2D eigenvalue weighted by atomic mass is 32.2. The van der Waals surface area contributed by atoms with Crippen LogP contribution < -0.4 is 4.18 Å². The fraction of sp³-hybridized carbons (Fsp3) is 0.154. The molecule has 2 aromatic carbocycles. The molecule has 0 saturated carbocycles. The Balaban J connectivity index is 2.66. The van der Waals surface area contributed by atoms with Crippen molar-refractivity contribution >= 4 is 26.7 Å². The zero-order valence-electron chi connectivity index (χ0n) is 10.5. The summed E-state index contributed by atoms with van der Waals surface area (Å²) in [5.74, 6) is -5.10. The lowest BCUT2D eigenvalue weighted by atomic mass is 10.0. The van der Waals surface area contributed by atoms with Gasteiger partial charge in [0.25, 0.3) is 0 Å². The predicted octanol–water partition coefficient (Wildman–Crippen LogP) is 1.95. The minimum atomic E-state index is -5.15. The molecule has 0 atom stereocenters. The van der Waals surface area contributed by atoms with Gasteiger partial charge in [0.15, 0.2) is 11.5 Å². The largest absolute Gasteiger partial charge is 0.388 e. The standard InChI is InChI=1S/C13H10F2O5S/c14-13(15)21(18,19)20-11-6-5-8-3-1-2-4-9(8)12(11)10(17)7-16/h1-6,13,16H,7H2. The molecule has 2 aromatic rings. The molecule has 0 aliphatic carbocycles. The summed E-state index contributed by atoms with van der Waals surface area (Å²) in [6.07, 6.45) is 0. The Hall–Kier alpha value is -2.06. The third-order valence-corrected chi connectivity index (χ3v) is 3.59. The number of Topliss-reactive ketones (excluding diaryl/α,β-unsaturated/α-hetero) is 1. The van der Waals surface area contributed by atoms with E-state index in [1.54, 1.807) is 18.2 Å². The second kappa shape index (κ2) is 5.74. The molecule has 8 heteroatoms. The van der Waals surface area contributed by atoms with E-state index >= 15 is 0 Å². The number of hydrogen-bond donors (Lipinski definition) is 1. The summed E-state index contributed by atoms with van der Waals surface area (Å²) in [6.45, 7) is -0.904. The first-order chi connectivity index (χ1) is 9.86. The lowest BCUT2D eigenvalue weighted by molar-refractivity contribution is 0.0903. The van der Waals surface area contributed by atoms with Gasteiger partial charge in [0.05, 0.1) is 5.56 Å². The van der Waals surface area contributed by atoms with E-state index in [0.717, 1.165) is 6.07 Å². The molecule has 0 radical (unpaired) electrons. The van der Waals surface area contributed by atoms with Gasteiger partial charge in [-0.25, -0.2) is 0 Å². The molecule has 0 heterocycles. The number of alkyl halides is 2. The SMILES string of the molecule is O=C(CO)c1c(OS(=O)(=O)C(F)F)ccc2ccccc12. The molecule has 0 fully saturated rings. The van der Waals surface area contributed by atoms with E-state index in [4.69, 9.17) is 5.11 Å². The molecule has 112 valence electrons. The highest BCUT2D eigenvalue weighted by Crippen LogP contribution is 2.30. The van der Waals surface area contributed by atoms with E-state index in [2.05, 4.69) is 4.18 Å². The van der Waals surface area contributed by atoms with Crippen molar-refractivity contribution in [3.8, 4) is 5.75 Å². The first-order valence-electron chi connectivity index (χ1n) is 5.74. The molecule has 0 bridgehead atoms. The average Bonchev–Trinajstić information content (AvgIpc) is 2.45. The molecular weight excluding hydrogens is 306 g/mol. The molecule has 0 aliphatic heterocycles. The fourth-order valence-corrected chi connectivity index (χ4v) is 2.31. The van der Waals surface area contributed by atoms with Crippen molar-refractivity contribution in [1.29, 1.82) is 0 Å². The second-order valence-corrected chi connectivity index (χ2v) is 5.59. The van der Waals surface area contributed by atoms with Crippen molar-refractivity contribution < 1.29 is 31.3 Å². The van der Waals surface area contributed by atoms with Gasteiger partial charge in [-0.05, 0) is 16.8 Å². The number of carbonyl (C=O) groups excluding carboxylic acids is 1. The number of hydrogen-bond acceptors (Lipinski definition) is 5. The summed E-state index contributed by atoms with van der Waals surface area (Å²) < 4.78 is 51.4. The van der Waals surface area contributed by atoms with Crippen LogP contribution in [0.4, 0.5) is 8.78 Å². The van der Waals surface area contributed by atoms with Crippen molar-refractivity contribution in [3.05, 3.63) is 42.0 Å². The van der Waals surface area contributed by atoms with Gasteiger partial charge in [-0.2, -0.15) is 17.2 Å². The van der Waals surface area contributed by atoms with Crippen LogP contribution in [0.2, 0.25) is 0 Å². The van der Waals surface area contributed by atoms with Crippen LogP contribution in [0.5, 0.6) is 5.75 Å². The van der Waals surface area contributed by atoms with E-state index in [1.807, 2.05) is 0 Å². The third-order valence-electron chi connectivity index (χ3n) is 2.74. The number of ketones is 1. The van der Waals surface area contributed by atoms with Crippen molar-refractivity contribution in [1.82, 2.24) is 0 Å². The van der Waals surface area contributed by atoms with Gasteiger partial charge in [0.2, 0.25) is 0 Å². The fourth-order valence-electron chi connectivity index (χ4n) is 1.85. The van der Waals surface area contributed by atoms with E-state index in [-0.39, 0.29) is 5.56 Å². The van der Waals surface area contributed by atoms with Crippen LogP contribution in [0.25, 0.3) is 10.8 Å². The van der Waals surface area contributed by atoms with Gasteiger partial charge in [0.1, 0.15) is 6.61 Å². The van der Waals surface area contributed by atoms with E-state index in [1.165, 1.54) is 12.1 Å². The molecule has 0 spiro atoms. The molecule has 0 aromatic heterocycles. The summed E-state index contributed by atoms with van der Waals surface area (Å²) in [6, 6.07) is 8.95. The van der Waals surface area contributed by atoms with E-state index in [9.17, 15) is 22.0 Å². The van der Waals surface area contributed by atoms with Crippen molar-refractivity contribution in [2.75, 3.05) is 6.61 Å². The summed E-state index contributed by atoms with van der Waals surface area (Å²) in [7, 11) is -5.15. The van der Waals surface area contributed by atoms with Gasteiger partial charge in [-0.1, -0.05) is 30.3 Å². The van der Waals surface area contributed by atoms with Crippen LogP contribution in [-0.2, 0) is 10.1 Å². The van der Waals surface area contributed by atoms with Crippen LogP contribution in [0.3, 0.4) is 0 Å². The molecular formula is C13H10F2O5S. The maximum Gasteiger partial charge on any atom is 0.372 e. The number of carbonyl (C=O) groups is 1. The number of rotatable bonds is 5. The summed E-state index contributed by atoms with van der Waals surface area (Å²) in [5, 5.41) is 9.86. The quantitative estimate of drug-likeness (QED) is 0.673. The van der Waals surface area contributed by atoms with E-state index in [0.29, 0.717) is 10.8 Å². The Morgan fingerprint density at radius 2 is 1.86 bits per heavy atom. The second-order valence-electron chi connectivity index (χ2n) is 4.08. The number of fused-ring (bicyclic) bond motifs is 1. The Bertz CT molecular complexity index is 786. The Morgan fingerprint density at radius 3 is 2.48 bits per heavy atom.